The van der Waals surface area contributed by atoms with Gasteiger partial charge in [0.05, 0.1) is 31.5 Å². The summed E-state index contributed by atoms with van der Waals surface area (Å²) in [6.07, 6.45) is -0.213. The molecule has 0 aliphatic heterocycles. The highest BCUT2D eigenvalue weighted by Gasteiger charge is 2.32. The molecule has 9 heteroatoms. The zero-order valence-electron chi connectivity index (χ0n) is 19.2. The predicted molar refractivity (Wildman–Crippen MR) is 125 cm³/mol. The van der Waals surface area contributed by atoms with Gasteiger partial charge in [0.1, 0.15) is 5.75 Å². The molecule has 5 N–H and O–H groups in total. The number of carbonyl (C=O) groups is 2. The van der Waals surface area contributed by atoms with Crippen LogP contribution in [0.3, 0.4) is 0 Å². The van der Waals surface area contributed by atoms with Crippen molar-refractivity contribution in [3.05, 3.63) is 64.7 Å². The summed E-state index contributed by atoms with van der Waals surface area (Å²) in [5, 5.41) is 25.6. The van der Waals surface area contributed by atoms with Crippen molar-refractivity contribution < 1.29 is 34.4 Å². The number of carbonyl (C=O) groups excluding carboxylic acids is 2. The number of benzene rings is 2. The van der Waals surface area contributed by atoms with Crippen molar-refractivity contribution >= 4 is 23.4 Å². The van der Waals surface area contributed by atoms with Crippen LogP contribution in [0.4, 0.5) is 0 Å². The lowest BCUT2D eigenvalue weighted by Gasteiger charge is -2.25. The molecule has 0 spiro atoms. The summed E-state index contributed by atoms with van der Waals surface area (Å²) in [6, 6.07) is 13.4. The Kier molecular flexibility index (Phi) is 11.0. The third kappa shape index (κ3) is 9.11. The van der Waals surface area contributed by atoms with Crippen molar-refractivity contribution in [1.29, 1.82) is 0 Å². The van der Waals surface area contributed by atoms with E-state index in [4.69, 9.17) is 42.1 Å². The van der Waals surface area contributed by atoms with Gasteiger partial charge in [-0.25, -0.2) is 4.79 Å². The van der Waals surface area contributed by atoms with E-state index in [1.165, 1.54) is 0 Å². The fraction of sp³-hybridized carbons (Fsp3) is 0.417. The van der Waals surface area contributed by atoms with E-state index < -0.39 is 36.9 Å². The van der Waals surface area contributed by atoms with E-state index in [2.05, 4.69) is 0 Å². The van der Waals surface area contributed by atoms with Crippen LogP contribution in [0.25, 0.3) is 0 Å². The summed E-state index contributed by atoms with van der Waals surface area (Å²) in [5.74, 6) is -0.0659. The highest BCUT2D eigenvalue weighted by atomic mass is 35.5. The first-order valence-corrected chi connectivity index (χ1v) is 10.7. The van der Waals surface area contributed by atoms with Crippen LogP contribution in [-0.4, -0.2) is 64.1 Å². The standard InChI is InChI=1S/C20H21ClO4.C4H11NO3/c1-13(2)24-19(23)20(3,4)25-17-11-7-15(8-12-17)18(22)14-5-9-16(21)10-6-14;5-4(1-6,2-7)3-8/h5-13H,1-4H3;6-8H,1-3,5H2. The molecule has 2 rings (SSSR count). The molecule has 0 aliphatic carbocycles. The van der Waals surface area contributed by atoms with E-state index in [-0.39, 0.29) is 11.9 Å². The second-order valence-electron chi connectivity index (χ2n) is 8.26. The number of halogens is 1. The maximum Gasteiger partial charge on any atom is 0.350 e. The lowest BCUT2D eigenvalue weighted by atomic mass is 10.0. The first kappa shape index (κ1) is 28.5. The fourth-order valence-corrected chi connectivity index (χ4v) is 2.41. The molecule has 0 aromatic heterocycles. The Bertz CT molecular complexity index is 884. The molecule has 0 saturated heterocycles. The fourth-order valence-electron chi connectivity index (χ4n) is 2.28. The van der Waals surface area contributed by atoms with Crippen molar-refractivity contribution in [2.24, 2.45) is 5.73 Å². The van der Waals surface area contributed by atoms with Crippen LogP contribution in [0.2, 0.25) is 5.02 Å². The number of hydrogen-bond acceptors (Lipinski definition) is 8. The molecule has 0 radical (unpaired) electrons. The van der Waals surface area contributed by atoms with Crippen molar-refractivity contribution in [2.75, 3.05) is 19.8 Å². The minimum Gasteiger partial charge on any atom is -0.476 e. The summed E-state index contributed by atoms with van der Waals surface area (Å²) >= 11 is 5.84. The van der Waals surface area contributed by atoms with Crippen molar-refractivity contribution in [1.82, 2.24) is 0 Å². The molecular weight excluding hydrogens is 450 g/mol. The zero-order valence-corrected chi connectivity index (χ0v) is 20.0. The van der Waals surface area contributed by atoms with Gasteiger partial charge in [0.15, 0.2) is 11.4 Å². The predicted octanol–water partition coefficient (Wildman–Crippen LogP) is 2.34. The van der Waals surface area contributed by atoms with Crippen LogP contribution in [0.15, 0.2) is 48.5 Å². The molecule has 0 unspecified atom stereocenters. The maximum absolute atomic E-state index is 12.4. The Morgan fingerprint density at radius 2 is 1.33 bits per heavy atom. The van der Waals surface area contributed by atoms with Crippen LogP contribution >= 0.6 is 11.6 Å². The van der Waals surface area contributed by atoms with Crippen molar-refractivity contribution in [3.8, 4) is 5.75 Å². The third-order valence-corrected chi connectivity index (χ3v) is 4.63. The van der Waals surface area contributed by atoms with Gasteiger partial charge in [0.2, 0.25) is 0 Å². The molecule has 2 aromatic rings. The van der Waals surface area contributed by atoms with E-state index in [0.29, 0.717) is 21.9 Å². The minimum atomic E-state index is -1.21. The molecule has 0 bridgehead atoms. The van der Waals surface area contributed by atoms with Gasteiger partial charge in [0, 0.05) is 16.1 Å². The van der Waals surface area contributed by atoms with Gasteiger partial charge < -0.3 is 30.5 Å². The number of esters is 1. The molecule has 0 heterocycles. The highest BCUT2D eigenvalue weighted by molar-refractivity contribution is 6.30. The molecule has 8 nitrogen and oxygen atoms in total. The Balaban J connectivity index is 0.000000582. The maximum atomic E-state index is 12.4. The third-order valence-electron chi connectivity index (χ3n) is 4.37. The van der Waals surface area contributed by atoms with Crippen molar-refractivity contribution in [2.45, 2.75) is 44.9 Å². The summed E-state index contributed by atoms with van der Waals surface area (Å²) in [5.41, 5.74) is 3.90. The van der Waals surface area contributed by atoms with Crippen LogP contribution in [0.5, 0.6) is 5.75 Å². The molecule has 0 saturated carbocycles. The lowest BCUT2D eigenvalue weighted by molar-refractivity contribution is -0.163. The molecule has 0 aliphatic rings. The average Bonchev–Trinajstić information content (AvgIpc) is 2.79. The summed E-state index contributed by atoms with van der Waals surface area (Å²) in [6.45, 7) is 5.64. The molecule has 0 atom stereocenters. The van der Waals surface area contributed by atoms with Crippen LogP contribution < -0.4 is 10.5 Å². The molecule has 2 aromatic carbocycles. The number of ether oxygens (including phenoxy) is 2. The normalized spacial score (nSPS) is 11.5. The first-order chi connectivity index (χ1) is 15.4. The van der Waals surface area contributed by atoms with Gasteiger partial charge in [-0.1, -0.05) is 11.6 Å². The van der Waals surface area contributed by atoms with Gasteiger partial charge >= 0.3 is 5.97 Å². The minimum absolute atomic E-state index is 0.110. The van der Waals surface area contributed by atoms with E-state index in [0.717, 1.165) is 0 Å². The highest BCUT2D eigenvalue weighted by Crippen LogP contribution is 2.22. The van der Waals surface area contributed by atoms with Crippen LogP contribution in [0.1, 0.15) is 43.6 Å². The quantitative estimate of drug-likeness (QED) is 0.316. The van der Waals surface area contributed by atoms with Crippen LogP contribution in [-0.2, 0) is 9.53 Å². The first-order valence-electron chi connectivity index (χ1n) is 10.3. The zero-order chi connectivity index (χ0) is 25.2. The molecule has 182 valence electrons. The average molecular weight is 482 g/mol. The Morgan fingerprint density at radius 1 is 0.909 bits per heavy atom. The molecular formula is C24H32ClNO7. The van der Waals surface area contributed by atoms with Gasteiger partial charge in [-0.3, -0.25) is 4.79 Å². The van der Waals surface area contributed by atoms with E-state index in [1.807, 2.05) is 0 Å². The van der Waals surface area contributed by atoms with Crippen molar-refractivity contribution in [3.63, 3.8) is 0 Å². The van der Waals surface area contributed by atoms with E-state index >= 15 is 0 Å². The number of aliphatic hydroxyl groups excluding tert-OH is 3. The molecule has 33 heavy (non-hydrogen) atoms. The summed E-state index contributed by atoms with van der Waals surface area (Å²) in [4.78, 5) is 24.5. The lowest BCUT2D eigenvalue weighted by Crippen LogP contribution is -2.50. The van der Waals surface area contributed by atoms with E-state index in [1.54, 1.807) is 76.2 Å². The van der Waals surface area contributed by atoms with Gasteiger partial charge in [-0.15, -0.1) is 0 Å². The second kappa shape index (κ2) is 12.7. The molecule has 0 amide bonds. The summed E-state index contributed by atoms with van der Waals surface area (Å²) < 4.78 is 10.9. The monoisotopic (exact) mass is 481 g/mol. The van der Waals surface area contributed by atoms with Gasteiger partial charge in [0.25, 0.3) is 0 Å². The van der Waals surface area contributed by atoms with E-state index in [9.17, 15) is 9.59 Å². The second-order valence-corrected chi connectivity index (χ2v) is 8.70. The largest absolute Gasteiger partial charge is 0.476 e. The SMILES string of the molecule is CC(C)OC(=O)C(C)(C)Oc1ccc(C(=O)c2ccc(Cl)cc2)cc1.NC(CO)(CO)CO. The number of aliphatic hydroxyl groups is 3. The van der Waals surface area contributed by atoms with Crippen LogP contribution in [0, 0.1) is 0 Å². The number of rotatable bonds is 9. The molecule has 0 fully saturated rings. The number of nitrogens with two attached hydrogens (primary N) is 1. The topological polar surface area (TPSA) is 139 Å². The van der Waals surface area contributed by atoms with Gasteiger partial charge in [-0.2, -0.15) is 0 Å². The Hall–Kier alpha value is -2.49. The van der Waals surface area contributed by atoms with Gasteiger partial charge in [-0.05, 0) is 76.2 Å². The smallest absolute Gasteiger partial charge is 0.350 e. The Labute approximate surface area is 198 Å². The summed E-state index contributed by atoms with van der Waals surface area (Å²) in [7, 11) is 0. The Morgan fingerprint density at radius 3 is 1.70 bits per heavy atom. The number of ketones is 1. The number of hydrogen-bond donors (Lipinski definition) is 4.